The molecule has 0 bridgehead atoms. The van der Waals surface area contributed by atoms with Crippen LogP contribution in [0.15, 0.2) is 24.5 Å². The summed E-state index contributed by atoms with van der Waals surface area (Å²) in [5, 5.41) is 4.76. The number of aromatic nitrogens is 2. The van der Waals surface area contributed by atoms with E-state index < -0.39 is 0 Å². The molecule has 0 saturated heterocycles. The molecule has 0 saturated carbocycles. The molecule has 2 heterocycles. The second-order valence-electron chi connectivity index (χ2n) is 6.02. The molecule has 2 aromatic heterocycles. The highest BCUT2D eigenvalue weighted by molar-refractivity contribution is 5.80. The SMILES string of the molecule is CCOCCn1cc(CNC(C)(C)C)c2cccnc21. The van der Waals surface area contributed by atoms with Gasteiger partial charge >= 0.3 is 0 Å². The topological polar surface area (TPSA) is 39.1 Å². The maximum absolute atomic E-state index is 5.45. The molecule has 110 valence electrons. The Morgan fingerprint density at radius 2 is 2.15 bits per heavy atom. The molecule has 0 radical (unpaired) electrons. The van der Waals surface area contributed by atoms with Crippen LogP contribution in [0.3, 0.4) is 0 Å². The first kappa shape index (κ1) is 15.0. The van der Waals surface area contributed by atoms with Gasteiger partial charge in [-0.1, -0.05) is 0 Å². The highest BCUT2D eigenvalue weighted by Gasteiger charge is 2.13. The van der Waals surface area contributed by atoms with Gasteiger partial charge in [-0.3, -0.25) is 0 Å². The second-order valence-corrected chi connectivity index (χ2v) is 6.02. The van der Waals surface area contributed by atoms with Crippen molar-refractivity contribution in [1.82, 2.24) is 14.9 Å². The van der Waals surface area contributed by atoms with Crippen LogP contribution in [0, 0.1) is 0 Å². The fraction of sp³-hybridized carbons (Fsp3) is 0.562. The predicted octanol–water partition coefficient (Wildman–Crippen LogP) is 2.96. The van der Waals surface area contributed by atoms with E-state index in [0.29, 0.717) is 0 Å². The van der Waals surface area contributed by atoms with Crippen molar-refractivity contribution in [3.8, 4) is 0 Å². The zero-order valence-corrected chi connectivity index (χ0v) is 12.9. The molecule has 0 fully saturated rings. The summed E-state index contributed by atoms with van der Waals surface area (Å²) >= 11 is 0. The average molecular weight is 275 g/mol. The Morgan fingerprint density at radius 3 is 2.85 bits per heavy atom. The Hall–Kier alpha value is -1.39. The predicted molar refractivity (Wildman–Crippen MR) is 82.8 cm³/mol. The van der Waals surface area contributed by atoms with Gasteiger partial charge in [-0.15, -0.1) is 0 Å². The molecule has 2 aromatic rings. The first-order valence-electron chi connectivity index (χ1n) is 7.27. The summed E-state index contributed by atoms with van der Waals surface area (Å²) in [6, 6.07) is 4.13. The monoisotopic (exact) mass is 275 g/mol. The fourth-order valence-electron chi connectivity index (χ4n) is 2.17. The summed E-state index contributed by atoms with van der Waals surface area (Å²) < 4.78 is 7.63. The zero-order valence-electron chi connectivity index (χ0n) is 12.9. The van der Waals surface area contributed by atoms with Gasteiger partial charge in [0.2, 0.25) is 0 Å². The van der Waals surface area contributed by atoms with Gasteiger partial charge in [0.25, 0.3) is 0 Å². The molecule has 4 heteroatoms. The highest BCUT2D eigenvalue weighted by Crippen LogP contribution is 2.20. The Balaban J connectivity index is 2.21. The zero-order chi connectivity index (χ0) is 14.6. The van der Waals surface area contributed by atoms with E-state index in [1.54, 1.807) is 0 Å². The van der Waals surface area contributed by atoms with Gasteiger partial charge in [-0.25, -0.2) is 4.98 Å². The second kappa shape index (κ2) is 6.37. The number of nitrogens with zero attached hydrogens (tertiary/aromatic N) is 2. The van der Waals surface area contributed by atoms with Crippen LogP contribution in [0.2, 0.25) is 0 Å². The van der Waals surface area contributed by atoms with E-state index in [1.165, 1.54) is 10.9 Å². The molecule has 0 aliphatic heterocycles. The Morgan fingerprint density at radius 1 is 1.35 bits per heavy atom. The quantitative estimate of drug-likeness (QED) is 0.824. The van der Waals surface area contributed by atoms with E-state index in [9.17, 15) is 0 Å². The summed E-state index contributed by atoms with van der Waals surface area (Å²) in [4.78, 5) is 4.50. The van der Waals surface area contributed by atoms with Crippen LogP contribution in [0.4, 0.5) is 0 Å². The van der Waals surface area contributed by atoms with Gasteiger partial charge < -0.3 is 14.6 Å². The Kier molecular flexibility index (Phi) is 4.78. The number of nitrogens with one attached hydrogen (secondary N) is 1. The van der Waals surface area contributed by atoms with Crippen LogP contribution >= 0.6 is 0 Å². The molecule has 0 unspecified atom stereocenters. The van der Waals surface area contributed by atoms with Crippen LogP contribution in [0.25, 0.3) is 11.0 Å². The van der Waals surface area contributed by atoms with Crippen molar-refractivity contribution in [1.29, 1.82) is 0 Å². The van der Waals surface area contributed by atoms with Crippen molar-refractivity contribution in [2.24, 2.45) is 0 Å². The average Bonchev–Trinajstić information content (AvgIpc) is 2.75. The summed E-state index contributed by atoms with van der Waals surface area (Å²) in [6.45, 7) is 11.7. The number of hydrogen-bond donors (Lipinski definition) is 1. The van der Waals surface area contributed by atoms with E-state index >= 15 is 0 Å². The normalized spacial score (nSPS) is 12.2. The molecule has 2 rings (SSSR count). The van der Waals surface area contributed by atoms with Gasteiger partial charge in [-0.05, 0) is 45.4 Å². The van der Waals surface area contributed by atoms with Gasteiger partial charge in [0.05, 0.1) is 6.61 Å². The maximum Gasteiger partial charge on any atom is 0.140 e. The van der Waals surface area contributed by atoms with Gasteiger partial charge in [0.15, 0.2) is 0 Å². The first-order chi connectivity index (χ1) is 9.51. The van der Waals surface area contributed by atoms with E-state index in [2.05, 4.69) is 47.9 Å². The standard InChI is InChI=1S/C16H25N3O/c1-5-20-10-9-19-12-13(11-18-16(2,3)4)14-7-6-8-17-15(14)19/h6-8,12,18H,5,9-11H2,1-4H3. The molecule has 1 N–H and O–H groups in total. The van der Waals surface area contributed by atoms with E-state index in [-0.39, 0.29) is 5.54 Å². The largest absolute Gasteiger partial charge is 0.380 e. The van der Waals surface area contributed by atoms with E-state index in [4.69, 9.17) is 4.74 Å². The minimum atomic E-state index is 0.113. The van der Waals surface area contributed by atoms with Crippen molar-refractivity contribution >= 4 is 11.0 Å². The first-order valence-corrected chi connectivity index (χ1v) is 7.27. The Labute approximate surface area is 121 Å². The lowest BCUT2D eigenvalue weighted by Gasteiger charge is -2.20. The third-order valence-corrected chi connectivity index (χ3v) is 3.21. The van der Waals surface area contributed by atoms with Gasteiger partial charge in [0, 0.05) is 43.0 Å². The molecule has 0 atom stereocenters. The maximum atomic E-state index is 5.45. The third kappa shape index (κ3) is 3.81. The molecular formula is C16H25N3O. The number of hydrogen-bond acceptors (Lipinski definition) is 3. The van der Waals surface area contributed by atoms with Crippen LogP contribution in [-0.2, 0) is 17.8 Å². The summed E-state index contributed by atoms with van der Waals surface area (Å²) in [5.74, 6) is 0. The lowest BCUT2D eigenvalue weighted by atomic mass is 10.1. The molecule has 0 spiro atoms. The summed E-state index contributed by atoms with van der Waals surface area (Å²) in [6.07, 6.45) is 4.04. The van der Waals surface area contributed by atoms with Crippen LogP contribution in [0.5, 0.6) is 0 Å². The number of rotatable bonds is 6. The van der Waals surface area contributed by atoms with Crippen LogP contribution < -0.4 is 5.32 Å². The van der Waals surface area contributed by atoms with Crippen molar-refractivity contribution in [3.63, 3.8) is 0 Å². The van der Waals surface area contributed by atoms with Crippen LogP contribution in [0.1, 0.15) is 33.3 Å². The van der Waals surface area contributed by atoms with Gasteiger partial charge in [-0.2, -0.15) is 0 Å². The molecule has 20 heavy (non-hydrogen) atoms. The van der Waals surface area contributed by atoms with E-state index in [1.807, 2.05) is 19.2 Å². The minimum absolute atomic E-state index is 0.113. The molecular weight excluding hydrogens is 250 g/mol. The van der Waals surface area contributed by atoms with Crippen LogP contribution in [-0.4, -0.2) is 28.3 Å². The molecule has 4 nitrogen and oxygen atoms in total. The van der Waals surface area contributed by atoms with Crippen molar-refractivity contribution < 1.29 is 4.74 Å². The minimum Gasteiger partial charge on any atom is -0.380 e. The fourth-order valence-corrected chi connectivity index (χ4v) is 2.17. The Bertz CT molecular complexity index is 554. The van der Waals surface area contributed by atoms with Crippen molar-refractivity contribution in [2.75, 3.05) is 13.2 Å². The molecule has 0 aliphatic rings. The molecule has 0 aromatic carbocycles. The lowest BCUT2D eigenvalue weighted by Crippen LogP contribution is -2.35. The van der Waals surface area contributed by atoms with E-state index in [0.717, 1.165) is 32.0 Å². The highest BCUT2D eigenvalue weighted by atomic mass is 16.5. The van der Waals surface area contributed by atoms with Crippen molar-refractivity contribution in [2.45, 2.75) is 46.3 Å². The lowest BCUT2D eigenvalue weighted by molar-refractivity contribution is 0.140. The molecule has 0 amide bonds. The smallest absolute Gasteiger partial charge is 0.140 e. The molecule has 0 aliphatic carbocycles. The number of pyridine rings is 1. The summed E-state index contributed by atoms with van der Waals surface area (Å²) in [5.41, 5.74) is 2.44. The summed E-state index contributed by atoms with van der Waals surface area (Å²) in [7, 11) is 0. The van der Waals surface area contributed by atoms with Gasteiger partial charge in [0.1, 0.15) is 5.65 Å². The van der Waals surface area contributed by atoms with Crippen molar-refractivity contribution in [3.05, 3.63) is 30.1 Å². The number of fused-ring (bicyclic) bond motifs is 1. The number of ether oxygens (including phenoxy) is 1. The third-order valence-electron chi connectivity index (χ3n) is 3.21.